The average molecular weight is 422 g/mol. The topological polar surface area (TPSA) is 86.8 Å². The summed E-state index contributed by atoms with van der Waals surface area (Å²) in [6.45, 7) is 9.22. The van der Waals surface area contributed by atoms with Crippen molar-refractivity contribution in [2.45, 2.75) is 57.9 Å². The molecule has 2 unspecified atom stereocenters. The number of anilines is 1. The van der Waals surface area contributed by atoms with Crippen molar-refractivity contribution >= 4 is 27.5 Å². The van der Waals surface area contributed by atoms with E-state index in [4.69, 9.17) is 0 Å². The van der Waals surface area contributed by atoms with E-state index >= 15 is 0 Å². The van der Waals surface area contributed by atoms with Crippen LogP contribution in [-0.4, -0.2) is 50.8 Å². The Kier molecular flexibility index (Phi) is 6.33. The lowest BCUT2D eigenvalue weighted by Crippen LogP contribution is -2.53. The van der Waals surface area contributed by atoms with Crippen LogP contribution in [0.3, 0.4) is 0 Å². The van der Waals surface area contributed by atoms with Crippen LogP contribution in [0.2, 0.25) is 0 Å². The molecule has 1 fully saturated rings. The lowest BCUT2D eigenvalue weighted by molar-refractivity contribution is -0.135. The molecule has 0 aromatic heterocycles. The van der Waals surface area contributed by atoms with Crippen LogP contribution < -0.4 is 9.62 Å². The van der Waals surface area contributed by atoms with Crippen molar-refractivity contribution in [3.05, 3.63) is 23.8 Å². The molecule has 160 valence electrons. The van der Waals surface area contributed by atoms with Gasteiger partial charge in [0.15, 0.2) is 0 Å². The van der Waals surface area contributed by atoms with E-state index in [2.05, 4.69) is 11.6 Å². The van der Waals surface area contributed by atoms with Crippen molar-refractivity contribution in [1.82, 2.24) is 9.62 Å². The number of carbonyl (C=O) groups is 2. The van der Waals surface area contributed by atoms with Gasteiger partial charge in [0.1, 0.15) is 6.04 Å². The molecule has 1 N–H and O–H groups in total. The number of hydrogen-bond acceptors (Lipinski definition) is 4. The average Bonchev–Trinajstić information content (AvgIpc) is 3.09. The number of rotatable bonds is 5. The van der Waals surface area contributed by atoms with Crippen LogP contribution in [0.15, 0.2) is 23.1 Å². The van der Waals surface area contributed by atoms with Crippen molar-refractivity contribution < 1.29 is 18.0 Å². The van der Waals surface area contributed by atoms with Gasteiger partial charge in [-0.25, -0.2) is 8.42 Å². The second-order valence-corrected chi connectivity index (χ2v) is 10.3. The summed E-state index contributed by atoms with van der Waals surface area (Å²) in [5, 5.41) is 0. The van der Waals surface area contributed by atoms with Gasteiger partial charge < -0.3 is 9.80 Å². The molecule has 2 amide bonds. The molecule has 0 bridgehead atoms. The molecule has 0 aliphatic carbocycles. The predicted octanol–water partition coefficient (Wildman–Crippen LogP) is 2.16. The molecule has 2 aliphatic heterocycles. The molecular weight excluding hydrogens is 390 g/mol. The molecule has 1 aromatic carbocycles. The summed E-state index contributed by atoms with van der Waals surface area (Å²) in [4.78, 5) is 28.3. The van der Waals surface area contributed by atoms with Gasteiger partial charge in [-0.1, -0.05) is 20.8 Å². The number of fused-ring (bicyclic) bond motifs is 1. The second kappa shape index (κ2) is 8.44. The van der Waals surface area contributed by atoms with Crippen LogP contribution >= 0.6 is 0 Å². The number of nitrogens with zero attached hydrogens (tertiary/aromatic N) is 2. The summed E-state index contributed by atoms with van der Waals surface area (Å²) in [6, 6.07) is 4.00. The van der Waals surface area contributed by atoms with Gasteiger partial charge >= 0.3 is 0 Å². The molecule has 2 aliphatic rings. The highest BCUT2D eigenvalue weighted by molar-refractivity contribution is 7.89. The van der Waals surface area contributed by atoms with Gasteiger partial charge in [0.05, 0.1) is 4.90 Å². The number of sulfonamides is 1. The minimum Gasteiger partial charge on any atom is -0.341 e. The molecule has 0 radical (unpaired) electrons. The number of carbonyl (C=O) groups excluding carboxylic acids is 2. The Morgan fingerprint density at radius 2 is 1.93 bits per heavy atom. The zero-order chi connectivity index (χ0) is 21.3. The van der Waals surface area contributed by atoms with Gasteiger partial charge in [-0.3, -0.25) is 9.59 Å². The number of nitrogens with one attached hydrogen (secondary N) is 1. The number of benzene rings is 1. The van der Waals surface area contributed by atoms with Crippen LogP contribution in [0, 0.1) is 11.8 Å². The van der Waals surface area contributed by atoms with Crippen molar-refractivity contribution in [2.24, 2.45) is 11.8 Å². The van der Waals surface area contributed by atoms with E-state index in [-0.39, 0.29) is 22.6 Å². The van der Waals surface area contributed by atoms with E-state index in [1.54, 1.807) is 21.9 Å². The third-order valence-corrected chi connectivity index (χ3v) is 7.26. The second-order valence-electron chi connectivity index (χ2n) is 8.59. The van der Waals surface area contributed by atoms with Crippen LogP contribution in [-0.2, 0) is 26.0 Å². The van der Waals surface area contributed by atoms with E-state index in [9.17, 15) is 18.0 Å². The number of likely N-dealkylation sites (tertiary alicyclic amines) is 1. The Labute approximate surface area is 173 Å². The minimum absolute atomic E-state index is 0.0567. The third-order valence-electron chi connectivity index (χ3n) is 5.82. The van der Waals surface area contributed by atoms with Crippen LogP contribution in [0.5, 0.6) is 0 Å². The maximum Gasteiger partial charge on any atom is 0.241 e. The molecule has 1 saturated heterocycles. The van der Waals surface area contributed by atoms with Gasteiger partial charge in [-0.05, 0) is 54.9 Å². The monoisotopic (exact) mass is 421 g/mol. The molecule has 3 rings (SSSR count). The summed E-state index contributed by atoms with van der Waals surface area (Å²) in [5.41, 5.74) is 1.59. The Bertz CT molecular complexity index is 897. The van der Waals surface area contributed by atoms with Crippen molar-refractivity contribution in [2.75, 3.05) is 24.5 Å². The largest absolute Gasteiger partial charge is 0.341 e. The normalized spacial score (nSPS) is 20.7. The van der Waals surface area contributed by atoms with Gasteiger partial charge in [-0.2, -0.15) is 4.72 Å². The lowest BCUT2D eigenvalue weighted by atomic mass is 9.97. The fraction of sp³-hybridized carbons (Fsp3) is 0.619. The summed E-state index contributed by atoms with van der Waals surface area (Å²) < 4.78 is 28.7. The first kappa shape index (κ1) is 21.8. The minimum atomic E-state index is -3.86. The van der Waals surface area contributed by atoms with Crippen molar-refractivity contribution in [1.29, 1.82) is 0 Å². The zero-order valence-electron chi connectivity index (χ0n) is 17.6. The first-order chi connectivity index (χ1) is 13.6. The fourth-order valence-corrected chi connectivity index (χ4v) is 5.55. The molecular formula is C21H31N3O4S. The summed E-state index contributed by atoms with van der Waals surface area (Å²) in [7, 11) is -3.86. The molecule has 0 spiro atoms. The Morgan fingerprint density at radius 1 is 1.21 bits per heavy atom. The summed E-state index contributed by atoms with van der Waals surface area (Å²) >= 11 is 0. The molecule has 29 heavy (non-hydrogen) atoms. The Hall–Kier alpha value is -1.93. The van der Waals surface area contributed by atoms with Gasteiger partial charge in [0.25, 0.3) is 0 Å². The molecule has 1 aromatic rings. The molecule has 2 heterocycles. The summed E-state index contributed by atoms with van der Waals surface area (Å²) in [5.74, 6) is 0.0490. The first-order valence-corrected chi connectivity index (χ1v) is 11.8. The molecule has 2 atom stereocenters. The zero-order valence-corrected chi connectivity index (χ0v) is 18.5. The van der Waals surface area contributed by atoms with Gasteiger partial charge in [0.2, 0.25) is 21.8 Å². The van der Waals surface area contributed by atoms with E-state index in [0.717, 1.165) is 24.1 Å². The van der Waals surface area contributed by atoms with E-state index < -0.39 is 16.1 Å². The van der Waals surface area contributed by atoms with Crippen LogP contribution in [0.25, 0.3) is 0 Å². The lowest BCUT2D eigenvalue weighted by Gasteiger charge is -2.34. The highest BCUT2D eigenvalue weighted by atomic mass is 32.2. The molecule has 0 saturated carbocycles. The Morgan fingerprint density at radius 3 is 2.55 bits per heavy atom. The number of piperidine rings is 1. The van der Waals surface area contributed by atoms with Crippen LogP contribution in [0.1, 0.15) is 46.1 Å². The molecule has 8 heteroatoms. The van der Waals surface area contributed by atoms with Crippen LogP contribution in [0.4, 0.5) is 5.69 Å². The Balaban J connectivity index is 1.81. The highest BCUT2D eigenvalue weighted by Crippen LogP contribution is 2.30. The van der Waals surface area contributed by atoms with E-state index in [0.29, 0.717) is 32.0 Å². The highest BCUT2D eigenvalue weighted by Gasteiger charge is 2.34. The molecule has 7 nitrogen and oxygen atoms in total. The maximum absolute atomic E-state index is 13.1. The fourth-order valence-electron chi connectivity index (χ4n) is 4.17. The SMILES string of the molecule is CC(=O)N1CCc2cc(S(=O)(=O)NC(C(=O)N3CCCC(C)C3)C(C)C)ccc21. The van der Waals surface area contributed by atoms with Crippen molar-refractivity contribution in [3.63, 3.8) is 0 Å². The predicted molar refractivity (Wildman–Crippen MR) is 112 cm³/mol. The van der Waals surface area contributed by atoms with E-state index in [1.807, 2.05) is 13.8 Å². The standard InChI is InChI=1S/C21H31N3O4S/c1-14(2)20(21(26)23-10-5-6-15(3)13-23)22-29(27,28)18-7-8-19-17(12-18)9-11-24(19)16(4)25/h7-8,12,14-15,20,22H,5-6,9-11,13H2,1-4H3. The van der Waals surface area contributed by atoms with Gasteiger partial charge in [0, 0.05) is 32.2 Å². The third kappa shape index (κ3) is 4.64. The maximum atomic E-state index is 13.1. The first-order valence-electron chi connectivity index (χ1n) is 10.3. The quantitative estimate of drug-likeness (QED) is 0.789. The number of amides is 2. The van der Waals surface area contributed by atoms with Gasteiger partial charge in [-0.15, -0.1) is 0 Å². The van der Waals surface area contributed by atoms with E-state index in [1.165, 1.54) is 13.0 Å². The summed E-state index contributed by atoms with van der Waals surface area (Å²) in [6.07, 6.45) is 2.66. The number of hydrogen-bond donors (Lipinski definition) is 1. The van der Waals surface area contributed by atoms with Crippen molar-refractivity contribution in [3.8, 4) is 0 Å². The smallest absolute Gasteiger partial charge is 0.241 e.